The number of halogens is 2. The molecule has 0 aliphatic rings. The van der Waals surface area contributed by atoms with Gasteiger partial charge in [0.25, 0.3) is 0 Å². The smallest absolute Gasteiger partial charge is 0.237 e. The molecule has 1 atom stereocenters. The number of hydrogen-bond donors (Lipinski definition) is 2. The number of carbonyl (C=O) groups is 1. The van der Waals surface area contributed by atoms with Crippen molar-refractivity contribution in [3.63, 3.8) is 0 Å². The molecule has 6 heteroatoms. The van der Waals surface area contributed by atoms with Crippen molar-refractivity contribution in [1.29, 1.82) is 0 Å². The van der Waals surface area contributed by atoms with Gasteiger partial charge in [0.2, 0.25) is 5.91 Å². The summed E-state index contributed by atoms with van der Waals surface area (Å²) in [6.07, 6.45) is 0. The average molecular weight is 364 g/mol. The predicted octanol–water partition coefficient (Wildman–Crippen LogP) is 2.97. The topological polar surface area (TPSA) is 58.4 Å². The second-order valence-electron chi connectivity index (χ2n) is 5.72. The van der Waals surface area contributed by atoms with Crippen LogP contribution in [0, 0.1) is 5.92 Å². The van der Waals surface area contributed by atoms with Crippen molar-refractivity contribution in [3.05, 3.63) is 35.4 Å². The van der Waals surface area contributed by atoms with E-state index in [-0.39, 0.29) is 36.6 Å². The Balaban J connectivity index is 0. The molecule has 0 radical (unpaired) electrons. The number of benzene rings is 1. The zero-order chi connectivity index (χ0) is 15.8. The van der Waals surface area contributed by atoms with Gasteiger partial charge < -0.3 is 11.1 Å². The summed E-state index contributed by atoms with van der Waals surface area (Å²) >= 11 is 0. The molecule has 4 nitrogen and oxygen atoms in total. The van der Waals surface area contributed by atoms with Crippen molar-refractivity contribution in [2.75, 3.05) is 13.1 Å². The first-order valence-electron chi connectivity index (χ1n) is 7.82. The largest absolute Gasteiger partial charge is 0.351 e. The fourth-order valence-electron chi connectivity index (χ4n) is 2.18. The maximum absolute atomic E-state index is 12.0. The van der Waals surface area contributed by atoms with Crippen molar-refractivity contribution < 1.29 is 4.79 Å². The zero-order valence-electron chi connectivity index (χ0n) is 14.5. The third-order valence-electron chi connectivity index (χ3n) is 3.88. The lowest BCUT2D eigenvalue weighted by molar-refractivity contribution is -0.123. The van der Waals surface area contributed by atoms with Crippen molar-refractivity contribution in [2.45, 2.75) is 46.8 Å². The van der Waals surface area contributed by atoms with E-state index in [9.17, 15) is 4.79 Å². The Kier molecular flexibility index (Phi) is 13.4. The van der Waals surface area contributed by atoms with Crippen LogP contribution in [0.2, 0.25) is 0 Å². The maximum Gasteiger partial charge on any atom is 0.237 e. The van der Waals surface area contributed by atoms with E-state index in [1.54, 1.807) is 0 Å². The predicted molar refractivity (Wildman–Crippen MR) is 102 cm³/mol. The molecule has 0 aromatic heterocycles. The lowest BCUT2D eigenvalue weighted by Gasteiger charge is -2.21. The second kappa shape index (κ2) is 12.6. The molecule has 23 heavy (non-hydrogen) atoms. The molecule has 0 bridgehead atoms. The highest BCUT2D eigenvalue weighted by Gasteiger charge is 2.17. The molecule has 3 N–H and O–H groups in total. The Bertz CT molecular complexity index is 451. The van der Waals surface area contributed by atoms with Gasteiger partial charge in [-0.05, 0) is 30.1 Å². The molecule has 1 rings (SSSR count). The molecule has 1 aromatic carbocycles. The van der Waals surface area contributed by atoms with Crippen molar-refractivity contribution in [1.82, 2.24) is 10.2 Å². The lowest BCUT2D eigenvalue weighted by atomic mass is 10.0. The second-order valence-corrected chi connectivity index (χ2v) is 5.72. The molecule has 0 saturated carbocycles. The Morgan fingerprint density at radius 3 is 2.13 bits per heavy atom. The molecule has 134 valence electrons. The molecule has 1 amide bonds. The zero-order valence-corrected chi connectivity index (χ0v) is 16.2. The van der Waals surface area contributed by atoms with Gasteiger partial charge in [0.15, 0.2) is 0 Å². The minimum atomic E-state index is -0.444. The fraction of sp³-hybridized carbons (Fsp3) is 0.588. The standard InChI is InChI=1S/C17H29N3O.2ClH/c1-5-20(6-2)12-15-10-8-7-9-14(15)11-19-17(21)16(18)13(3)4;;/h7-10,13,16H,5-6,11-12,18H2,1-4H3,(H,19,21);2*1H/t16-;;/m1../s1. The molecular weight excluding hydrogens is 333 g/mol. The summed E-state index contributed by atoms with van der Waals surface area (Å²) in [6, 6.07) is 7.81. The van der Waals surface area contributed by atoms with Crippen LogP contribution in [0.15, 0.2) is 24.3 Å². The number of amides is 1. The summed E-state index contributed by atoms with van der Waals surface area (Å²) in [5.74, 6) is 0.0681. The summed E-state index contributed by atoms with van der Waals surface area (Å²) in [5.41, 5.74) is 8.29. The van der Waals surface area contributed by atoms with Gasteiger partial charge in [-0.15, -0.1) is 24.8 Å². The Hall–Kier alpha value is -0.810. The summed E-state index contributed by atoms with van der Waals surface area (Å²) in [5, 5.41) is 2.95. The first-order chi connectivity index (χ1) is 9.99. The van der Waals surface area contributed by atoms with E-state index in [0.29, 0.717) is 6.54 Å². The van der Waals surface area contributed by atoms with Crippen LogP contribution in [-0.2, 0) is 17.9 Å². The van der Waals surface area contributed by atoms with E-state index in [2.05, 4.69) is 36.2 Å². The van der Waals surface area contributed by atoms with Gasteiger partial charge in [0.1, 0.15) is 0 Å². The van der Waals surface area contributed by atoms with Gasteiger partial charge >= 0.3 is 0 Å². The normalized spacial score (nSPS) is 11.6. The quantitative estimate of drug-likeness (QED) is 0.746. The monoisotopic (exact) mass is 363 g/mol. The minimum absolute atomic E-state index is 0. The minimum Gasteiger partial charge on any atom is -0.351 e. The number of nitrogens with zero attached hydrogens (tertiary/aromatic N) is 1. The Morgan fingerprint density at radius 2 is 1.65 bits per heavy atom. The van der Waals surface area contributed by atoms with Crippen LogP contribution >= 0.6 is 24.8 Å². The summed E-state index contributed by atoms with van der Waals surface area (Å²) in [6.45, 7) is 11.7. The van der Waals surface area contributed by atoms with Crippen LogP contribution in [0.5, 0.6) is 0 Å². The first-order valence-corrected chi connectivity index (χ1v) is 7.82. The highest BCUT2D eigenvalue weighted by molar-refractivity contribution is 5.85. The van der Waals surface area contributed by atoms with Crippen molar-refractivity contribution >= 4 is 30.7 Å². The maximum atomic E-state index is 12.0. The Morgan fingerprint density at radius 1 is 1.13 bits per heavy atom. The van der Waals surface area contributed by atoms with E-state index in [1.165, 1.54) is 5.56 Å². The molecule has 0 fully saturated rings. The summed E-state index contributed by atoms with van der Waals surface area (Å²) in [7, 11) is 0. The van der Waals surface area contributed by atoms with E-state index in [1.807, 2.05) is 26.0 Å². The number of nitrogens with two attached hydrogens (primary N) is 1. The van der Waals surface area contributed by atoms with Crippen LogP contribution in [-0.4, -0.2) is 29.9 Å². The lowest BCUT2D eigenvalue weighted by Crippen LogP contribution is -2.43. The van der Waals surface area contributed by atoms with Gasteiger partial charge in [-0.2, -0.15) is 0 Å². The van der Waals surface area contributed by atoms with Crippen LogP contribution in [0.25, 0.3) is 0 Å². The molecule has 0 aliphatic carbocycles. The van der Waals surface area contributed by atoms with E-state index >= 15 is 0 Å². The highest BCUT2D eigenvalue weighted by Crippen LogP contribution is 2.12. The fourth-order valence-corrected chi connectivity index (χ4v) is 2.18. The molecule has 1 aromatic rings. The van der Waals surface area contributed by atoms with Crippen LogP contribution in [0.4, 0.5) is 0 Å². The molecule has 0 heterocycles. The highest BCUT2D eigenvalue weighted by atomic mass is 35.5. The van der Waals surface area contributed by atoms with E-state index in [4.69, 9.17) is 5.73 Å². The molecule has 0 unspecified atom stereocenters. The van der Waals surface area contributed by atoms with Gasteiger partial charge in [-0.1, -0.05) is 52.0 Å². The van der Waals surface area contributed by atoms with Crippen molar-refractivity contribution in [2.24, 2.45) is 11.7 Å². The molecule has 0 saturated heterocycles. The Labute approximate surface area is 153 Å². The molecule has 0 aliphatic heterocycles. The van der Waals surface area contributed by atoms with Gasteiger partial charge in [-0.3, -0.25) is 9.69 Å². The SMILES string of the molecule is CCN(CC)Cc1ccccc1CNC(=O)[C@H](N)C(C)C.Cl.Cl. The average Bonchev–Trinajstić information content (AvgIpc) is 2.50. The van der Waals surface area contributed by atoms with E-state index < -0.39 is 6.04 Å². The van der Waals surface area contributed by atoms with Crippen LogP contribution < -0.4 is 11.1 Å². The summed E-state index contributed by atoms with van der Waals surface area (Å²) < 4.78 is 0. The number of nitrogens with one attached hydrogen (secondary N) is 1. The van der Waals surface area contributed by atoms with E-state index in [0.717, 1.165) is 25.2 Å². The van der Waals surface area contributed by atoms with Gasteiger partial charge in [0, 0.05) is 13.1 Å². The first kappa shape index (κ1) is 24.4. The van der Waals surface area contributed by atoms with Gasteiger partial charge in [0.05, 0.1) is 6.04 Å². The molecular formula is C17H31Cl2N3O. The molecule has 0 spiro atoms. The number of rotatable bonds is 8. The van der Waals surface area contributed by atoms with Gasteiger partial charge in [-0.25, -0.2) is 0 Å². The van der Waals surface area contributed by atoms with Crippen LogP contribution in [0.1, 0.15) is 38.8 Å². The van der Waals surface area contributed by atoms with Crippen molar-refractivity contribution in [3.8, 4) is 0 Å². The van der Waals surface area contributed by atoms with Crippen LogP contribution in [0.3, 0.4) is 0 Å². The summed E-state index contributed by atoms with van der Waals surface area (Å²) in [4.78, 5) is 14.3. The number of hydrogen-bond acceptors (Lipinski definition) is 3. The third kappa shape index (κ3) is 8.02. The third-order valence-corrected chi connectivity index (χ3v) is 3.88. The number of carbonyl (C=O) groups excluding carboxylic acids is 1.